The first kappa shape index (κ1) is 15.9. The monoisotopic (exact) mass is 293 g/mol. The quantitative estimate of drug-likeness (QED) is 0.831. The van der Waals surface area contributed by atoms with E-state index in [1.165, 1.54) is 6.07 Å². The Bertz CT molecular complexity index is 492. The number of rotatable bonds is 6. The summed E-state index contributed by atoms with van der Waals surface area (Å²) in [5, 5.41) is 6.03. The lowest BCUT2D eigenvalue weighted by Gasteiger charge is -2.15. The Morgan fingerprint density at radius 1 is 1.48 bits per heavy atom. The van der Waals surface area contributed by atoms with Crippen molar-refractivity contribution in [1.82, 2.24) is 15.5 Å². The average Bonchev–Trinajstić information content (AvgIpc) is 2.88. The van der Waals surface area contributed by atoms with Gasteiger partial charge in [-0.1, -0.05) is 12.1 Å². The zero-order chi connectivity index (χ0) is 15.2. The number of aryl methyl sites for hydroxylation is 1. The lowest BCUT2D eigenvalue weighted by molar-refractivity contribution is -0.122. The largest absolute Gasteiger partial charge is 0.351 e. The zero-order valence-corrected chi connectivity index (χ0v) is 12.8. The molecule has 1 amide bonds. The highest BCUT2D eigenvalue weighted by Gasteiger charge is 2.23. The van der Waals surface area contributed by atoms with Crippen LogP contribution in [0.3, 0.4) is 0 Å². The molecule has 1 saturated heterocycles. The van der Waals surface area contributed by atoms with E-state index in [9.17, 15) is 9.18 Å². The molecule has 5 heteroatoms. The average molecular weight is 293 g/mol. The van der Waals surface area contributed by atoms with Crippen molar-refractivity contribution in [1.29, 1.82) is 0 Å². The third kappa shape index (κ3) is 4.79. The number of likely N-dealkylation sites (tertiary alicyclic amines) is 1. The van der Waals surface area contributed by atoms with Crippen LogP contribution in [-0.4, -0.2) is 44.0 Å². The number of nitrogens with one attached hydrogen (secondary N) is 2. The maximum absolute atomic E-state index is 13.4. The molecular weight excluding hydrogens is 269 g/mol. The molecule has 1 atom stereocenters. The fourth-order valence-corrected chi connectivity index (χ4v) is 2.72. The third-order valence-electron chi connectivity index (χ3n) is 3.96. The minimum Gasteiger partial charge on any atom is -0.351 e. The molecule has 0 aliphatic carbocycles. The van der Waals surface area contributed by atoms with E-state index in [-0.39, 0.29) is 11.7 Å². The van der Waals surface area contributed by atoms with Crippen molar-refractivity contribution in [2.45, 2.75) is 19.9 Å². The summed E-state index contributed by atoms with van der Waals surface area (Å²) >= 11 is 0. The number of halogens is 1. The number of amides is 1. The van der Waals surface area contributed by atoms with E-state index in [1.54, 1.807) is 13.0 Å². The smallest absolute Gasteiger partial charge is 0.234 e. The van der Waals surface area contributed by atoms with Gasteiger partial charge in [0.05, 0.1) is 6.54 Å². The summed E-state index contributed by atoms with van der Waals surface area (Å²) in [5.41, 5.74) is 1.42. The molecule has 0 bridgehead atoms. The van der Waals surface area contributed by atoms with Crippen LogP contribution >= 0.6 is 0 Å². The summed E-state index contributed by atoms with van der Waals surface area (Å²) in [4.78, 5) is 14.1. The molecule has 1 aromatic carbocycles. The molecule has 116 valence electrons. The van der Waals surface area contributed by atoms with Crippen LogP contribution in [0, 0.1) is 18.7 Å². The summed E-state index contributed by atoms with van der Waals surface area (Å²) in [6.07, 6.45) is 1.14. The second-order valence-electron chi connectivity index (χ2n) is 5.81. The predicted molar refractivity (Wildman–Crippen MR) is 81.5 cm³/mol. The molecule has 1 unspecified atom stereocenters. The molecule has 1 aromatic rings. The van der Waals surface area contributed by atoms with Crippen molar-refractivity contribution < 1.29 is 9.18 Å². The van der Waals surface area contributed by atoms with Crippen LogP contribution in [0.15, 0.2) is 18.2 Å². The van der Waals surface area contributed by atoms with Crippen LogP contribution < -0.4 is 10.6 Å². The maximum Gasteiger partial charge on any atom is 0.234 e. The van der Waals surface area contributed by atoms with Gasteiger partial charge < -0.3 is 10.6 Å². The van der Waals surface area contributed by atoms with E-state index < -0.39 is 0 Å². The Labute approximate surface area is 125 Å². The summed E-state index contributed by atoms with van der Waals surface area (Å²) in [5.74, 6) is 0.409. The molecule has 0 aromatic heterocycles. The first-order valence-corrected chi connectivity index (χ1v) is 7.47. The van der Waals surface area contributed by atoms with Crippen molar-refractivity contribution in [2.75, 3.05) is 33.2 Å². The number of carbonyl (C=O) groups is 1. The summed E-state index contributed by atoms with van der Waals surface area (Å²) in [7, 11) is 1.95. The van der Waals surface area contributed by atoms with Crippen molar-refractivity contribution in [3.05, 3.63) is 35.1 Å². The normalized spacial score (nSPS) is 18.9. The topological polar surface area (TPSA) is 44.4 Å². The molecule has 1 heterocycles. The maximum atomic E-state index is 13.4. The van der Waals surface area contributed by atoms with Crippen LogP contribution in [0.2, 0.25) is 0 Å². The summed E-state index contributed by atoms with van der Waals surface area (Å²) in [6.45, 7) is 5.47. The van der Waals surface area contributed by atoms with Crippen LogP contribution in [-0.2, 0) is 11.3 Å². The SMILES string of the molecule is CNCC1CCN(CC(=O)NCc2ccc(C)c(F)c2)C1. The molecule has 1 fully saturated rings. The van der Waals surface area contributed by atoms with Gasteiger partial charge in [-0.3, -0.25) is 9.69 Å². The zero-order valence-electron chi connectivity index (χ0n) is 12.8. The van der Waals surface area contributed by atoms with E-state index in [0.717, 1.165) is 31.6 Å². The summed E-state index contributed by atoms with van der Waals surface area (Å²) < 4.78 is 13.4. The fraction of sp³-hybridized carbons (Fsp3) is 0.562. The van der Waals surface area contributed by atoms with Gasteiger partial charge in [0.1, 0.15) is 5.82 Å². The van der Waals surface area contributed by atoms with Gasteiger partial charge in [-0.25, -0.2) is 4.39 Å². The van der Waals surface area contributed by atoms with Crippen LogP contribution in [0.4, 0.5) is 4.39 Å². The number of nitrogens with zero attached hydrogens (tertiary/aromatic N) is 1. The molecule has 2 N–H and O–H groups in total. The fourth-order valence-electron chi connectivity index (χ4n) is 2.72. The van der Waals surface area contributed by atoms with E-state index in [0.29, 0.717) is 24.6 Å². The van der Waals surface area contributed by atoms with Crippen molar-refractivity contribution in [2.24, 2.45) is 5.92 Å². The van der Waals surface area contributed by atoms with E-state index in [4.69, 9.17) is 0 Å². The second kappa shape index (κ2) is 7.52. The first-order chi connectivity index (χ1) is 10.1. The summed E-state index contributed by atoms with van der Waals surface area (Å²) in [6, 6.07) is 5.06. The molecule has 2 rings (SSSR count). The van der Waals surface area contributed by atoms with E-state index in [1.807, 2.05) is 13.1 Å². The van der Waals surface area contributed by atoms with E-state index >= 15 is 0 Å². The molecule has 0 spiro atoms. The first-order valence-electron chi connectivity index (χ1n) is 7.47. The Morgan fingerprint density at radius 3 is 3.00 bits per heavy atom. The van der Waals surface area contributed by atoms with Crippen LogP contribution in [0.5, 0.6) is 0 Å². The predicted octanol–water partition coefficient (Wildman–Crippen LogP) is 1.29. The van der Waals surface area contributed by atoms with E-state index in [2.05, 4.69) is 15.5 Å². The number of hydrogen-bond donors (Lipinski definition) is 2. The second-order valence-corrected chi connectivity index (χ2v) is 5.81. The molecule has 0 saturated carbocycles. The highest BCUT2D eigenvalue weighted by Crippen LogP contribution is 2.14. The standard InChI is InChI=1S/C16H24FN3O/c1-12-3-4-13(7-15(12)17)9-19-16(21)11-20-6-5-14(10-20)8-18-2/h3-4,7,14,18H,5-6,8-11H2,1-2H3,(H,19,21). The lowest BCUT2D eigenvalue weighted by Crippen LogP contribution is -2.36. The molecule has 1 aliphatic heterocycles. The van der Waals surface area contributed by atoms with Gasteiger partial charge in [0.2, 0.25) is 5.91 Å². The Balaban J connectivity index is 1.74. The number of benzene rings is 1. The Morgan fingerprint density at radius 2 is 2.29 bits per heavy atom. The molecule has 1 aliphatic rings. The number of carbonyl (C=O) groups excluding carboxylic acids is 1. The molecule has 21 heavy (non-hydrogen) atoms. The van der Waals surface area contributed by atoms with Gasteiger partial charge in [-0.2, -0.15) is 0 Å². The Kier molecular flexibility index (Phi) is 5.70. The van der Waals surface area contributed by atoms with Gasteiger partial charge in [0.15, 0.2) is 0 Å². The van der Waals surface area contributed by atoms with Crippen molar-refractivity contribution in [3.63, 3.8) is 0 Å². The third-order valence-corrected chi connectivity index (χ3v) is 3.96. The van der Waals surface area contributed by atoms with Crippen molar-refractivity contribution >= 4 is 5.91 Å². The molecule has 0 radical (unpaired) electrons. The van der Waals surface area contributed by atoms with Gasteiger partial charge in [-0.05, 0) is 56.6 Å². The minimum atomic E-state index is -0.226. The van der Waals surface area contributed by atoms with Gasteiger partial charge in [0.25, 0.3) is 0 Å². The van der Waals surface area contributed by atoms with Crippen molar-refractivity contribution in [3.8, 4) is 0 Å². The molecular formula is C16H24FN3O. The van der Waals surface area contributed by atoms with Crippen LogP contribution in [0.25, 0.3) is 0 Å². The highest BCUT2D eigenvalue weighted by molar-refractivity contribution is 5.78. The van der Waals surface area contributed by atoms with Crippen LogP contribution in [0.1, 0.15) is 17.5 Å². The minimum absolute atomic E-state index is 0.00101. The van der Waals surface area contributed by atoms with Gasteiger partial charge in [0, 0.05) is 13.1 Å². The highest BCUT2D eigenvalue weighted by atomic mass is 19.1. The lowest BCUT2D eigenvalue weighted by atomic mass is 10.1. The molecule has 4 nitrogen and oxygen atoms in total. The van der Waals surface area contributed by atoms with Gasteiger partial charge in [-0.15, -0.1) is 0 Å². The van der Waals surface area contributed by atoms with Gasteiger partial charge >= 0.3 is 0 Å². The number of hydrogen-bond acceptors (Lipinski definition) is 3. The Hall–Kier alpha value is -1.46.